The smallest absolute Gasteiger partial charge is 0.255 e. The second-order valence-electron chi connectivity index (χ2n) is 7.24. The Bertz CT molecular complexity index is 1290. The molecule has 1 aliphatic heterocycles. The van der Waals surface area contributed by atoms with Gasteiger partial charge in [0, 0.05) is 43.3 Å². The first-order chi connectivity index (χ1) is 14.4. The third-order valence-electron chi connectivity index (χ3n) is 5.38. The highest BCUT2D eigenvalue weighted by Crippen LogP contribution is 2.32. The summed E-state index contributed by atoms with van der Waals surface area (Å²) in [6, 6.07) is 5.44. The van der Waals surface area contributed by atoms with Crippen LogP contribution in [-0.4, -0.2) is 36.5 Å². The van der Waals surface area contributed by atoms with Crippen LogP contribution in [-0.2, 0) is 20.0 Å². The maximum absolute atomic E-state index is 13.7. The molecule has 0 unspecified atom stereocenters. The Labute approximate surface area is 169 Å². The fourth-order valence-corrected chi connectivity index (χ4v) is 3.98. The molecule has 30 heavy (non-hydrogen) atoms. The predicted octanol–water partition coefficient (Wildman–Crippen LogP) is 3.35. The third kappa shape index (κ3) is 2.85. The predicted molar refractivity (Wildman–Crippen MR) is 102 cm³/mol. The van der Waals surface area contributed by atoms with Crippen LogP contribution in [0.25, 0.3) is 16.9 Å². The average Bonchev–Trinajstić information content (AvgIpc) is 3.33. The molecule has 0 saturated carbocycles. The summed E-state index contributed by atoms with van der Waals surface area (Å²) >= 11 is 0. The molecule has 9 heteroatoms. The lowest BCUT2D eigenvalue weighted by Crippen LogP contribution is -2.36. The number of benzene rings is 1. The number of carbonyl (C=O) groups is 1. The van der Waals surface area contributed by atoms with Crippen molar-refractivity contribution in [2.24, 2.45) is 7.05 Å². The molecule has 5 rings (SSSR count). The summed E-state index contributed by atoms with van der Waals surface area (Å²) in [5.41, 5.74) is 3.48. The van der Waals surface area contributed by atoms with E-state index >= 15 is 0 Å². The maximum atomic E-state index is 13.7. The van der Waals surface area contributed by atoms with Crippen LogP contribution in [0.15, 0.2) is 42.9 Å². The molecule has 0 saturated heterocycles. The Morgan fingerprint density at radius 1 is 1.13 bits per heavy atom. The van der Waals surface area contributed by atoms with Gasteiger partial charge in [-0.15, -0.1) is 0 Å². The van der Waals surface area contributed by atoms with Crippen molar-refractivity contribution in [3.05, 3.63) is 77.1 Å². The Morgan fingerprint density at radius 3 is 2.67 bits per heavy atom. The Hall–Kier alpha value is -3.62. The maximum Gasteiger partial charge on any atom is 0.255 e. The van der Waals surface area contributed by atoms with Gasteiger partial charge in [0.15, 0.2) is 17.5 Å². The Kier molecular flexibility index (Phi) is 4.12. The van der Waals surface area contributed by atoms with Gasteiger partial charge in [-0.25, -0.2) is 18.2 Å². The lowest BCUT2D eigenvalue weighted by molar-refractivity contribution is 0.0732. The van der Waals surface area contributed by atoms with Gasteiger partial charge in [-0.3, -0.25) is 9.48 Å². The van der Waals surface area contributed by atoms with Crippen molar-refractivity contribution in [2.45, 2.75) is 13.0 Å². The highest BCUT2D eigenvalue weighted by molar-refractivity contribution is 5.94. The van der Waals surface area contributed by atoms with Gasteiger partial charge in [-0.05, 0) is 30.7 Å². The molecule has 0 radical (unpaired) electrons. The van der Waals surface area contributed by atoms with E-state index < -0.39 is 17.5 Å². The van der Waals surface area contributed by atoms with Gasteiger partial charge in [0.05, 0.1) is 23.5 Å². The fraction of sp³-hybridized carbons (Fsp3) is 0.190. The van der Waals surface area contributed by atoms with Crippen LogP contribution in [0.3, 0.4) is 0 Å². The number of amides is 1. The number of aromatic nitrogens is 4. The molecule has 0 N–H and O–H groups in total. The summed E-state index contributed by atoms with van der Waals surface area (Å²) in [5.74, 6) is -4.13. The lowest BCUT2D eigenvalue weighted by atomic mass is 9.99. The molecule has 6 nitrogen and oxygen atoms in total. The molecule has 3 aromatic heterocycles. The van der Waals surface area contributed by atoms with Crippen LogP contribution < -0.4 is 0 Å². The summed E-state index contributed by atoms with van der Waals surface area (Å²) in [6.45, 7) is 0.703. The second kappa shape index (κ2) is 6.72. The van der Waals surface area contributed by atoms with Crippen molar-refractivity contribution in [1.29, 1.82) is 0 Å². The van der Waals surface area contributed by atoms with Gasteiger partial charge in [0.2, 0.25) is 0 Å². The fourth-order valence-electron chi connectivity index (χ4n) is 3.98. The minimum absolute atomic E-state index is 0.137. The molecule has 0 spiro atoms. The number of nitrogens with zero attached hydrogens (tertiary/aromatic N) is 5. The molecule has 0 atom stereocenters. The van der Waals surface area contributed by atoms with Crippen molar-refractivity contribution in [1.82, 2.24) is 24.1 Å². The minimum atomic E-state index is -1.50. The van der Waals surface area contributed by atoms with Crippen molar-refractivity contribution in [3.63, 3.8) is 0 Å². The molecule has 0 bridgehead atoms. The van der Waals surface area contributed by atoms with Crippen molar-refractivity contribution >= 4 is 11.6 Å². The van der Waals surface area contributed by atoms with E-state index in [1.165, 1.54) is 4.68 Å². The number of hydrogen-bond donors (Lipinski definition) is 0. The highest BCUT2D eigenvalue weighted by atomic mass is 19.2. The van der Waals surface area contributed by atoms with E-state index in [9.17, 15) is 18.0 Å². The molecular formula is C21H16F3N5O. The molecular weight excluding hydrogens is 395 g/mol. The van der Waals surface area contributed by atoms with E-state index in [4.69, 9.17) is 0 Å². The molecule has 1 aromatic carbocycles. The van der Waals surface area contributed by atoms with E-state index in [0.717, 1.165) is 23.3 Å². The monoisotopic (exact) mass is 411 g/mol. The molecule has 4 heterocycles. The zero-order valence-corrected chi connectivity index (χ0v) is 15.9. The summed E-state index contributed by atoms with van der Waals surface area (Å²) < 4.78 is 44.1. The van der Waals surface area contributed by atoms with E-state index in [1.54, 1.807) is 47.1 Å². The first-order valence-electron chi connectivity index (χ1n) is 9.34. The molecule has 0 aliphatic carbocycles. The van der Waals surface area contributed by atoms with Crippen molar-refractivity contribution in [2.75, 3.05) is 6.54 Å². The van der Waals surface area contributed by atoms with Crippen LogP contribution in [0.4, 0.5) is 13.2 Å². The van der Waals surface area contributed by atoms with Crippen LogP contribution in [0.1, 0.15) is 21.6 Å². The SMILES string of the molecule is Cn1nc2c(c1-c1cc(F)c(F)c(F)c1)CCN(C(=O)c1ccc3nccn3c1)C2. The minimum Gasteiger partial charge on any atom is -0.332 e. The third-order valence-corrected chi connectivity index (χ3v) is 5.38. The van der Waals surface area contributed by atoms with Gasteiger partial charge in [0.1, 0.15) is 5.65 Å². The van der Waals surface area contributed by atoms with Gasteiger partial charge in [-0.2, -0.15) is 5.10 Å². The summed E-state index contributed by atoms with van der Waals surface area (Å²) in [4.78, 5) is 18.8. The quantitative estimate of drug-likeness (QED) is 0.476. The van der Waals surface area contributed by atoms with Crippen molar-refractivity contribution in [3.8, 4) is 11.3 Å². The first kappa shape index (κ1) is 18.4. The second-order valence-corrected chi connectivity index (χ2v) is 7.24. The standard InChI is InChI=1S/C21H16F3N5O/c1-27-20(13-8-15(22)19(24)16(23)9-13)14-4-6-29(11-17(14)26-27)21(30)12-2-3-18-25-5-7-28(18)10-12/h2-3,5,7-10H,4,6,11H2,1H3. The number of halogens is 3. The van der Waals surface area contributed by atoms with E-state index in [-0.39, 0.29) is 18.0 Å². The molecule has 1 aliphatic rings. The topological polar surface area (TPSA) is 55.4 Å². The van der Waals surface area contributed by atoms with Crippen LogP contribution in [0.2, 0.25) is 0 Å². The zero-order valence-electron chi connectivity index (χ0n) is 15.9. The highest BCUT2D eigenvalue weighted by Gasteiger charge is 2.28. The number of carbonyl (C=O) groups excluding carboxylic acids is 1. The number of rotatable bonds is 2. The van der Waals surface area contributed by atoms with Crippen LogP contribution >= 0.6 is 0 Å². The lowest BCUT2D eigenvalue weighted by Gasteiger charge is -2.26. The van der Waals surface area contributed by atoms with E-state index in [2.05, 4.69) is 10.1 Å². The number of pyridine rings is 1. The number of imidazole rings is 1. The van der Waals surface area contributed by atoms with E-state index in [0.29, 0.717) is 29.9 Å². The molecule has 1 amide bonds. The van der Waals surface area contributed by atoms with Crippen LogP contribution in [0, 0.1) is 17.5 Å². The number of fused-ring (bicyclic) bond motifs is 2. The average molecular weight is 411 g/mol. The number of aryl methyl sites for hydroxylation is 1. The normalized spacial score (nSPS) is 13.7. The van der Waals surface area contributed by atoms with Crippen molar-refractivity contribution < 1.29 is 18.0 Å². The van der Waals surface area contributed by atoms with Gasteiger partial charge in [0.25, 0.3) is 5.91 Å². The Balaban J connectivity index is 1.46. The summed E-state index contributed by atoms with van der Waals surface area (Å²) in [6.07, 6.45) is 5.63. The summed E-state index contributed by atoms with van der Waals surface area (Å²) in [7, 11) is 1.66. The molecule has 4 aromatic rings. The molecule has 152 valence electrons. The molecule has 0 fully saturated rings. The zero-order chi connectivity index (χ0) is 21.0. The van der Waals surface area contributed by atoms with Gasteiger partial charge < -0.3 is 9.30 Å². The Morgan fingerprint density at radius 2 is 1.90 bits per heavy atom. The van der Waals surface area contributed by atoms with Gasteiger partial charge in [-0.1, -0.05) is 0 Å². The largest absolute Gasteiger partial charge is 0.332 e. The van der Waals surface area contributed by atoms with Gasteiger partial charge >= 0.3 is 0 Å². The first-order valence-corrected chi connectivity index (χ1v) is 9.34. The van der Waals surface area contributed by atoms with E-state index in [1.807, 2.05) is 0 Å². The van der Waals surface area contributed by atoms with Crippen LogP contribution in [0.5, 0.6) is 0 Å². The number of hydrogen-bond acceptors (Lipinski definition) is 3. The summed E-state index contributed by atoms with van der Waals surface area (Å²) in [5, 5.41) is 4.45.